The van der Waals surface area contributed by atoms with Crippen molar-refractivity contribution in [1.29, 1.82) is 0 Å². The molecule has 1 N–H and O–H groups in total. The number of aryl methyl sites for hydroxylation is 1. The number of likely N-dealkylation sites (N-methyl/N-ethyl adjacent to an activating group) is 2. The maximum Gasteiger partial charge on any atom is 0.249 e. The molecule has 2 aliphatic rings. The fraction of sp³-hybridized carbons (Fsp3) is 0.450. The number of carbonyl (C=O) groups excluding carboxylic acids is 1. The summed E-state index contributed by atoms with van der Waals surface area (Å²) in [6.45, 7) is 3.63. The number of ether oxygens (including phenoxy) is 1. The lowest BCUT2D eigenvalue weighted by Crippen LogP contribution is -2.50. The first kappa shape index (κ1) is 20.2. The average Bonchev–Trinajstić information content (AvgIpc) is 2.66. The van der Waals surface area contributed by atoms with Gasteiger partial charge in [0.15, 0.2) is 29.0 Å². The van der Waals surface area contributed by atoms with Crippen LogP contribution in [0.4, 0.5) is 30.6 Å². The summed E-state index contributed by atoms with van der Waals surface area (Å²) in [5, 5.41) is 3.22. The predicted molar refractivity (Wildman–Crippen MR) is 105 cm³/mol. The Morgan fingerprint density at radius 2 is 1.77 bits per heavy atom. The van der Waals surface area contributed by atoms with Crippen molar-refractivity contribution in [3.05, 3.63) is 35.3 Å². The molecule has 1 aliphatic carbocycles. The van der Waals surface area contributed by atoms with Gasteiger partial charge in [0.1, 0.15) is 17.8 Å². The van der Waals surface area contributed by atoms with Crippen LogP contribution < -0.4 is 19.9 Å². The van der Waals surface area contributed by atoms with E-state index in [1.54, 1.807) is 11.9 Å². The Labute approximate surface area is 171 Å². The zero-order chi connectivity index (χ0) is 21.7. The Morgan fingerprint density at radius 1 is 1.10 bits per heavy atom. The van der Waals surface area contributed by atoms with Crippen LogP contribution in [0.25, 0.3) is 0 Å². The van der Waals surface area contributed by atoms with Gasteiger partial charge >= 0.3 is 0 Å². The number of aromatic nitrogens is 2. The molecular weight excluding hydrogens is 399 g/mol. The number of nitrogens with one attached hydrogen (secondary N) is 1. The summed E-state index contributed by atoms with van der Waals surface area (Å²) in [5.74, 6) is -2.58. The quantitative estimate of drug-likeness (QED) is 0.766. The summed E-state index contributed by atoms with van der Waals surface area (Å²) < 4.78 is 45.5. The topological polar surface area (TPSA) is 70.6 Å². The molecule has 1 saturated carbocycles. The van der Waals surface area contributed by atoms with Crippen molar-refractivity contribution in [2.24, 2.45) is 0 Å². The molecular formula is C20H22F3N5O2. The maximum absolute atomic E-state index is 13.7. The van der Waals surface area contributed by atoms with Gasteiger partial charge in [-0.1, -0.05) is 0 Å². The van der Waals surface area contributed by atoms with E-state index in [1.165, 1.54) is 0 Å². The van der Waals surface area contributed by atoms with Crippen molar-refractivity contribution < 1.29 is 22.7 Å². The fourth-order valence-electron chi connectivity index (χ4n) is 3.73. The Morgan fingerprint density at radius 3 is 2.47 bits per heavy atom. The maximum atomic E-state index is 13.7. The third-order valence-corrected chi connectivity index (χ3v) is 5.67. The van der Waals surface area contributed by atoms with E-state index in [9.17, 15) is 18.0 Å². The molecule has 2 heterocycles. The lowest BCUT2D eigenvalue weighted by molar-refractivity contribution is -0.119. The van der Waals surface area contributed by atoms with Crippen molar-refractivity contribution >= 4 is 23.4 Å². The second-order valence-corrected chi connectivity index (χ2v) is 7.74. The molecule has 30 heavy (non-hydrogen) atoms. The number of amides is 1. The van der Waals surface area contributed by atoms with Crippen LogP contribution in [-0.4, -0.2) is 48.2 Å². The predicted octanol–water partition coefficient (Wildman–Crippen LogP) is 3.03. The Kier molecular flexibility index (Phi) is 4.95. The molecule has 1 aliphatic heterocycles. The number of carbonyl (C=O) groups is 1. The fourth-order valence-corrected chi connectivity index (χ4v) is 3.73. The van der Waals surface area contributed by atoms with Gasteiger partial charge in [0, 0.05) is 45.1 Å². The molecule has 0 spiro atoms. The highest BCUT2D eigenvalue weighted by atomic mass is 19.2. The Bertz CT molecular complexity index is 1010. The van der Waals surface area contributed by atoms with Gasteiger partial charge in [0.25, 0.3) is 0 Å². The lowest BCUT2D eigenvalue weighted by Gasteiger charge is -2.38. The normalized spacial score (nSPS) is 23.2. The molecule has 2 aromatic rings. The van der Waals surface area contributed by atoms with Gasteiger partial charge in [0.05, 0.1) is 5.69 Å². The Hall–Kier alpha value is -3.04. The third kappa shape index (κ3) is 3.40. The lowest BCUT2D eigenvalue weighted by atomic mass is 9.89. The van der Waals surface area contributed by atoms with Gasteiger partial charge < -0.3 is 19.9 Å². The number of benzene rings is 1. The van der Waals surface area contributed by atoms with Gasteiger partial charge in [-0.3, -0.25) is 4.79 Å². The summed E-state index contributed by atoms with van der Waals surface area (Å²) in [4.78, 5) is 24.8. The van der Waals surface area contributed by atoms with Gasteiger partial charge in [-0.25, -0.2) is 18.2 Å². The molecule has 160 valence electrons. The summed E-state index contributed by atoms with van der Waals surface area (Å²) in [6, 6.07) is 0.849. The van der Waals surface area contributed by atoms with Gasteiger partial charge in [-0.2, -0.15) is 4.98 Å². The second-order valence-electron chi connectivity index (χ2n) is 7.74. The van der Waals surface area contributed by atoms with Crippen molar-refractivity contribution in [3.8, 4) is 5.75 Å². The molecule has 10 heteroatoms. The van der Waals surface area contributed by atoms with E-state index >= 15 is 0 Å². The molecule has 4 rings (SSSR count). The molecule has 1 aromatic carbocycles. The second kappa shape index (κ2) is 7.33. The van der Waals surface area contributed by atoms with Crippen molar-refractivity contribution in [2.45, 2.75) is 44.9 Å². The van der Waals surface area contributed by atoms with E-state index in [1.807, 2.05) is 25.8 Å². The number of fused-ring (bicyclic) bond motifs is 1. The highest BCUT2D eigenvalue weighted by molar-refractivity contribution is 6.04. The molecule has 7 nitrogen and oxygen atoms in total. The van der Waals surface area contributed by atoms with Gasteiger partial charge in [-0.05, 0) is 13.8 Å². The van der Waals surface area contributed by atoms with Crippen LogP contribution in [0.5, 0.6) is 5.75 Å². The van der Waals surface area contributed by atoms with E-state index in [4.69, 9.17) is 4.74 Å². The first-order valence-corrected chi connectivity index (χ1v) is 9.62. The first-order valence-electron chi connectivity index (χ1n) is 9.62. The molecule has 1 aromatic heterocycles. The van der Waals surface area contributed by atoms with Crippen LogP contribution in [-0.2, 0) is 4.79 Å². The number of rotatable bonds is 4. The molecule has 0 unspecified atom stereocenters. The Balaban J connectivity index is 1.43. The van der Waals surface area contributed by atoms with Crippen molar-refractivity contribution in [1.82, 2.24) is 9.97 Å². The number of halogens is 3. The zero-order valence-corrected chi connectivity index (χ0v) is 17.0. The number of anilines is 3. The summed E-state index contributed by atoms with van der Waals surface area (Å²) in [5.41, 5.74) is 1.35. The highest BCUT2D eigenvalue weighted by Crippen LogP contribution is 2.36. The first-order chi connectivity index (χ1) is 14.2. The SMILES string of the molecule is Cc1nc(N[C@H]2C[C@H](Oc3cc(F)c(F)cc3F)C2)nc2c1N(C)C(=O)[C@H](C)N2C. The highest BCUT2D eigenvalue weighted by Gasteiger charge is 2.36. The minimum Gasteiger partial charge on any atom is -0.487 e. The standard InChI is InChI=1S/C20H22F3N5O2/c1-9-17-18(27(3)10(2)19(29)28(17)4)26-20(24-9)25-11-5-12(6-11)30-16-8-14(22)13(21)7-15(16)23/h7-8,10-12H,5-6H2,1-4H3,(H,24,25,26)/t10-,11-,12-/m0/s1. The molecule has 0 radical (unpaired) electrons. The monoisotopic (exact) mass is 421 g/mol. The minimum atomic E-state index is -1.25. The van der Waals surface area contributed by atoms with E-state index in [-0.39, 0.29) is 29.8 Å². The van der Waals surface area contributed by atoms with Crippen LogP contribution in [0.15, 0.2) is 12.1 Å². The van der Waals surface area contributed by atoms with Crippen LogP contribution in [0.3, 0.4) is 0 Å². The van der Waals surface area contributed by atoms with Gasteiger partial charge in [0.2, 0.25) is 11.9 Å². The minimum absolute atomic E-state index is 0.00788. The number of hydrogen-bond acceptors (Lipinski definition) is 6. The van der Waals surface area contributed by atoms with Crippen LogP contribution in [0.1, 0.15) is 25.5 Å². The van der Waals surface area contributed by atoms with E-state index < -0.39 is 17.5 Å². The zero-order valence-electron chi connectivity index (χ0n) is 17.0. The van der Waals surface area contributed by atoms with Crippen LogP contribution in [0, 0.1) is 24.4 Å². The smallest absolute Gasteiger partial charge is 0.249 e. The van der Waals surface area contributed by atoms with Gasteiger partial charge in [-0.15, -0.1) is 0 Å². The van der Waals surface area contributed by atoms with Crippen LogP contribution in [0.2, 0.25) is 0 Å². The van der Waals surface area contributed by atoms with E-state index in [0.29, 0.717) is 42.1 Å². The average molecular weight is 421 g/mol. The van der Waals surface area contributed by atoms with Crippen molar-refractivity contribution in [2.75, 3.05) is 29.2 Å². The van der Waals surface area contributed by atoms with E-state index in [2.05, 4.69) is 15.3 Å². The largest absolute Gasteiger partial charge is 0.487 e. The van der Waals surface area contributed by atoms with Crippen molar-refractivity contribution in [3.63, 3.8) is 0 Å². The molecule has 0 saturated heterocycles. The molecule has 1 fully saturated rings. The van der Waals surface area contributed by atoms with Crippen LogP contribution >= 0.6 is 0 Å². The van der Waals surface area contributed by atoms with E-state index in [0.717, 1.165) is 6.07 Å². The summed E-state index contributed by atoms with van der Waals surface area (Å²) in [6.07, 6.45) is 0.734. The summed E-state index contributed by atoms with van der Waals surface area (Å²) >= 11 is 0. The number of nitrogens with zero attached hydrogens (tertiary/aromatic N) is 4. The molecule has 0 bridgehead atoms. The molecule has 1 atom stereocenters. The number of hydrogen-bond donors (Lipinski definition) is 1. The molecule has 1 amide bonds. The third-order valence-electron chi connectivity index (χ3n) is 5.67. The summed E-state index contributed by atoms with van der Waals surface area (Å²) in [7, 11) is 3.52.